The highest BCUT2D eigenvalue weighted by Crippen LogP contribution is 2.49. The molecule has 156 valence electrons. The Balaban J connectivity index is 1.58. The Hall–Kier alpha value is -3.67. The van der Waals surface area contributed by atoms with E-state index in [0.717, 1.165) is 46.0 Å². The van der Waals surface area contributed by atoms with Crippen molar-refractivity contribution >= 4 is 16.8 Å². The van der Waals surface area contributed by atoms with E-state index in [1.165, 1.54) is 0 Å². The smallest absolute Gasteiger partial charge is 0.252 e. The number of amides is 1. The van der Waals surface area contributed by atoms with Crippen LogP contribution in [0.25, 0.3) is 22.0 Å². The molecule has 5 rings (SSSR count). The van der Waals surface area contributed by atoms with Gasteiger partial charge < -0.3 is 10.1 Å². The highest BCUT2D eigenvalue weighted by molar-refractivity contribution is 5.98. The molecular formula is C25H24N4O2. The molecule has 6 heteroatoms. The topological polar surface area (TPSA) is 69.0 Å². The fourth-order valence-corrected chi connectivity index (χ4v) is 4.16. The molecular weight excluding hydrogens is 388 g/mol. The van der Waals surface area contributed by atoms with Crippen LogP contribution >= 0.6 is 0 Å². The zero-order valence-corrected chi connectivity index (χ0v) is 17.8. The van der Waals surface area contributed by atoms with Gasteiger partial charge in [0.05, 0.1) is 24.4 Å². The second-order valence-corrected chi connectivity index (χ2v) is 8.21. The lowest BCUT2D eigenvalue weighted by Crippen LogP contribution is -2.35. The average molecular weight is 412 g/mol. The molecule has 0 aliphatic heterocycles. The van der Waals surface area contributed by atoms with Gasteiger partial charge in [-0.2, -0.15) is 5.10 Å². The number of aryl methyl sites for hydroxylation is 2. The first kappa shape index (κ1) is 19.3. The molecule has 2 heterocycles. The van der Waals surface area contributed by atoms with E-state index >= 15 is 0 Å². The highest BCUT2D eigenvalue weighted by atomic mass is 16.5. The summed E-state index contributed by atoms with van der Waals surface area (Å²) in [4.78, 5) is 17.9. The molecule has 2 aromatic heterocycles. The van der Waals surface area contributed by atoms with Gasteiger partial charge in [-0.15, -0.1) is 0 Å². The van der Waals surface area contributed by atoms with Gasteiger partial charge >= 0.3 is 0 Å². The molecule has 1 aliphatic carbocycles. The first-order chi connectivity index (χ1) is 15.0. The third kappa shape index (κ3) is 3.44. The second-order valence-electron chi connectivity index (χ2n) is 8.21. The summed E-state index contributed by atoms with van der Waals surface area (Å²) in [6.07, 6.45) is 7.43. The average Bonchev–Trinajstić information content (AvgIpc) is 3.43. The molecule has 0 saturated heterocycles. The predicted molar refractivity (Wildman–Crippen MR) is 120 cm³/mol. The summed E-state index contributed by atoms with van der Waals surface area (Å²) in [6, 6.07) is 13.9. The molecule has 1 saturated carbocycles. The summed E-state index contributed by atoms with van der Waals surface area (Å²) < 4.78 is 7.11. The number of hydrogen-bond donors (Lipinski definition) is 1. The Bertz CT molecular complexity index is 1300. The maximum Gasteiger partial charge on any atom is 0.252 e. The van der Waals surface area contributed by atoms with Crippen LogP contribution in [0.4, 0.5) is 0 Å². The second kappa shape index (κ2) is 7.23. The molecule has 0 radical (unpaired) electrons. The fourth-order valence-electron chi connectivity index (χ4n) is 4.16. The van der Waals surface area contributed by atoms with Gasteiger partial charge in [-0.25, -0.2) is 0 Å². The minimum Gasteiger partial charge on any atom is -0.497 e. The van der Waals surface area contributed by atoms with Crippen LogP contribution in [0.15, 0.2) is 61.1 Å². The van der Waals surface area contributed by atoms with Gasteiger partial charge in [0, 0.05) is 36.0 Å². The maximum absolute atomic E-state index is 13.3. The lowest BCUT2D eigenvalue weighted by Gasteiger charge is -2.22. The van der Waals surface area contributed by atoms with Crippen LogP contribution in [-0.4, -0.2) is 27.8 Å². The number of benzene rings is 2. The van der Waals surface area contributed by atoms with E-state index in [-0.39, 0.29) is 5.91 Å². The van der Waals surface area contributed by atoms with Crippen molar-refractivity contribution in [1.82, 2.24) is 20.1 Å². The van der Waals surface area contributed by atoms with E-state index in [9.17, 15) is 4.79 Å². The van der Waals surface area contributed by atoms with Gasteiger partial charge in [0.25, 0.3) is 5.91 Å². The molecule has 4 aromatic rings. The lowest BCUT2D eigenvalue weighted by molar-refractivity contribution is 0.0930. The van der Waals surface area contributed by atoms with Gasteiger partial charge in [-0.3, -0.25) is 14.5 Å². The molecule has 0 bridgehead atoms. The molecule has 0 spiro atoms. The largest absolute Gasteiger partial charge is 0.497 e. The van der Waals surface area contributed by atoms with Crippen molar-refractivity contribution in [3.63, 3.8) is 0 Å². The maximum atomic E-state index is 13.3. The summed E-state index contributed by atoms with van der Waals surface area (Å²) in [5.74, 6) is 0.589. The minimum atomic E-state index is -0.397. The van der Waals surface area contributed by atoms with Gasteiger partial charge in [-0.1, -0.05) is 12.1 Å². The Morgan fingerprint density at radius 1 is 1.16 bits per heavy atom. The highest BCUT2D eigenvalue weighted by Gasteiger charge is 2.47. The van der Waals surface area contributed by atoms with Crippen LogP contribution in [-0.2, 0) is 12.6 Å². The number of hydrogen-bond acceptors (Lipinski definition) is 4. The summed E-state index contributed by atoms with van der Waals surface area (Å²) in [7, 11) is 3.51. The quantitative estimate of drug-likeness (QED) is 0.528. The molecule has 0 atom stereocenters. The zero-order chi connectivity index (χ0) is 21.6. The van der Waals surface area contributed by atoms with Crippen LogP contribution in [0.5, 0.6) is 5.75 Å². The Labute approximate surface area is 180 Å². The Morgan fingerprint density at radius 3 is 2.71 bits per heavy atom. The van der Waals surface area contributed by atoms with E-state index in [1.807, 2.05) is 44.6 Å². The normalized spacial score (nSPS) is 14.4. The van der Waals surface area contributed by atoms with Gasteiger partial charge in [0.15, 0.2) is 0 Å². The summed E-state index contributed by atoms with van der Waals surface area (Å²) in [6.45, 7) is 1.94. The van der Waals surface area contributed by atoms with Crippen molar-refractivity contribution in [3.8, 4) is 16.9 Å². The number of ether oxygens (including phenoxy) is 1. The first-order valence-electron chi connectivity index (χ1n) is 10.3. The van der Waals surface area contributed by atoms with Crippen molar-refractivity contribution in [3.05, 3.63) is 77.7 Å². The number of carbonyl (C=O) groups excluding carboxylic acids is 1. The lowest BCUT2D eigenvalue weighted by atomic mass is 9.94. The zero-order valence-electron chi connectivity index (χ0n) is 17.8. The van der Waals surface area contributed by atoms with E-state index in [2.05, 4.69) is 33.6 Å². The van der Waals surface area contributed by atoms with Gasteiger partial charge in [0.2, 0.25) is 0 Å². The number of fused-ring (bicyclic) bond motifs is 1. The van der Waals surface area contributed by atoms with Crippen molar-refractivity contribution in [2.45, 2.75) is 25.3 Å². The van der Waals surface area contributed by atoms with Gasteiger partial charge in [0.1, 0.15) is 5.75 Å². The van der Waals surface area contributed by atoms with Crippen LogP contribution in [0.1, 0.15) is 34.3 Å². The minimum absolute atomic E-state index is 0.0854. The van der Waals surface area contributed by atoms with Crippen LogP contribution < -0.4 is 10.1 Å². The molecule has 1 amide bonds. The molecule has 2 aromatic carbocycles. The molecule has 1 fully saturated rings. The third-order valence-electron chi connectivity index (χ3n) is 6.07. The Kier molecular flexibility index (Phi) is 4.50. The van der Waals surface area contributed by atoms with Crippen molar-refractivity contribution in [1.29, 1.82) is 0 Å². The molecule has 6 nitrogen and oxygen atoms in total. The van der Waals surface area contributed by atoms with Crippen LogP contribution in [0.3, 0.4) is 0 Å². The molecule has 1 aliphatic rings. The van der Waals surface area contributed by atoms with E-state index in [4.69, 9.17) is 4.74 Å². The number of rotatable bonds is 5. The van der Waals surface area contributed by atoms with Gasteiger partial charge in [-0.05, 0) is 66.8 Å². The van der Waals surface area contributed by atoms with Crippen molar-refractivity contribution < 1.29 is 9.53 Å². The predicted octanol–water partition coefficient (Wildman–Crippen LogP) is 4.37. The van der Waals surface area contributed by atoms with Crippen LogP contribution in [0, 0.1) is 6.92 Å². The number of aromatic nitrogens is 3. The SMILES string of the molecule is COc1ccc(C)c(C(=O)NC2(c3cc(-c4cnn(C)c4)cc4ncccc34)CC2)c1. The number of methoxy groups -OCH3 is 1. The number of pyridine rings is 1. The van der Waals surface area contributed by atoms with Crippen LogP contribution in [0.2, 0.25) is 0 Å². The number of nitrogens with zero attached hydrogens (tertiary/aromatic N) is 3. The Morgan fingerprint density at radius 2 is 2.00 bits per heavy atom. The standard InChI is InChI=1S/C25H24N4O2/c1-16-6-7-19(31-3)13-21(16)24(30)28-25(8-9-25)22-11-17(18-14-27-29(2)15-18)12-23-20(22)5-4-10-26-23/h4-7,10-15H,8-9H2,1-3H3,(H,28,30). The molecule has 0 unspecified atom stereocenters. The number of nitrogens with one attached hydrogen (secondary N) is 1. The molecule has 1 N–H and O–H groups in total. The molecule has 31 heavy (non-hydrogen) atoms. The fraction of sp³-hybridized carbons (Fsp3) is 0.240. The van der Waals surface area contributed by atoms with E-state index in [0.29, 0.717) is 11.3 Å². The van der Waals surface area contributed by atoms with E-state index in [1.54, 1.807) is 24.1 Å². The summed E-state index contributed by atoms with van der Waals surface area (Å²) in [5, 5.41) is 8.70. The van der Waals surface area contributed by atoms with Crippen molar-refractivity contribution in [2.24, 2.45) is 7.05 Å². The summed E-state index contributed by atoms with van der Waals surface area (Å²) in [5.41, 5.74) is 5.25. The third-order valence-corrected chi connectivity index (χ3v) is 6.07. The first-order valence-corrected chi connectivity index (χ1v) is 10.3. The summed E-state index contributed by atoms with van der Waals surface area (Å²) >= 11 is 0. The number of carbonyl (C=O) groups is 1. The monoisotopic (exact) mass is 412 g/mol. The van der Waals surface area contributed by atoms with Crippen molar-refractivity contribution in [2.75, 3.05) is 7.11 Å². The van der Waals surface area contributed by atoms with E-state index < -0.39 is 5.54 Å².